The van der Waals surface area contributed by atoms with Crippen LogP contribution >= 0.6 is 0 Å². The zero-order valence-corrected chi connectivity index (χ0v) is 11.2. The topological polar surface area (TPSA) is 101 Å². The minimum absolute atomic E-state index is 0.315. The number of nitrogens with zero attached hydrogens (tertiary/aromatic N) is 5. The number of nitrogens with two attached hydrogens (primary N) is 1. The van der Waals surface area contributed by atoms with E-state index in [1.807, 2.05) is 6.07 Å². The molecule has 3 heterocycles. The molecule has 0 aliphatic carbocycles. The molecule has 20 heavy (non-hydrogen) atoms. The van der Waals surface area contributed by atoms with Crippen molar-refractivity contribution in [2.45, 2.75) is 26.0 Å². The van der Waals surface area contributed by atoms with E-state index in [0.717, 1.165) is 30.0 Å². The van der Waals surface area contributed by atoms with Crippen LogP contribution in [0.3, 0.4) is 0 Å². The smallest absolute Gasteiger partial charge is 0.220 e. The SMILES string of the molecule is C[C@@H](O)c1nccc(N2CCc3nc(N)ncc3C2)n1. The molecule has 3 N–H and O–H groups in total. The van der Waals surface area contributed by atoms with Gasteiger partial charge in [-0.1, -0.05) is 0 Å². The van der Waals surface area contributed by atoms with E-state index < -0.39 is 6.10 Å². The van der Waals surface area contributed by atoms with Gasteiger partial charge in [0.25, 0.3) is 0 Å². The average molecular weight is 272 g/mol. The molecule has 1 aliphatic heterocycles. The minimum atomic E-state index is -0.671. The van der Waals surface area contributed by atoms with Gasteiger partial charge in [0.05, 0.1) is 5.69 Å². The van der Waals surface area contributed by atoms with Crippen LogP contribution in [0.5, 0.6) is 0 Å². The van der Waals surface area contributed by atoms with Crippen molar-refractivity contribution in [2.24, 2.45) is 0 Å². The molecule has 1 atom stereocenters. The fourth-order valence-corrected chi connectivity index (χ4v) is 2.27. The second-order valence-electron chi connectivity index (χ2n) is 4.82. The molecule has 0 amide bonds. The number of fused-ring (bicyclic) bond motifs is 1. The van der Waals surface area contributed by atoms with Gasteiger partial charge < -0.3 is 15.7 Å². The molecule has 7 heteroatoms. The lowest BCUT2D eigenvalue weighted by atomic mass is 10.1. The van der Waals surface area contributed by atoms with Gasteiger partial charge in [-0.3, -0.25) is 0 Å². The Labute approximate surface area is 116 Å². The lowest BCUT2D eigenvalue weighted by Crippen LogP contribution is -2.32. The van der Waals surface area contributed by atoms with Crippen molar-refractivity contribution in [1.82, 2.24) is 19.9 Å². The summed E-state index contributed by atoms with van der Waals surface area (Å²) in [7, 11) is 0. The summed E-state index contributed by atoms with van der Waals surface area (Å²) in [5.74, 6) is 1.55. The Kier molecular flexibility index (Phi) is 3.19. The lowest BCUT2D eigenvalue weighted by molar-refractivity contribution is 0.189. The normalized spacial score (nSPS) is 15.8. The highest BCUT2D eigenvalue weighted by atomic mass is 16.3. The molecule has 3 rings (SSSR count). The van der Waals surface area contributed by atoms with Gasteiger partial charge in [0, 0.05) is 37.5 Å². The number of hydrogen-bond donors (Lipinski definition) is 2. The second kappa shape index (κ2) is 5.01. The third-order valence-electron chi connectivity index (χ3n) is 3.31. The zero-order chi connectivity index (χ0) is 14.1. The average Bonchev–Trinajstić information content (AvgIpc) is 2.47. The molecule has 104 valence electrons. The van der Waals surface area contributed by atoms with Crippen molar-refractivity contribution < 1.29 is 5.11 Å². The fourth-order valence-electron chi connectivity index (χ4n) is 2.27. The van der Waals surface area contributed by atoms with E-state index in [9.17, 15) is 5.11 Å². The van der Waals surface area contributed by atoms with Crippen LogP contribution < -0.4 is 10.6 Å². The molecule has 7 nitrogen and oxygen atoms in total. The van der Waals surface area contributed by atoms with Crippen LogP contribution in [0.15, 0.2) is 18.5 Å². The molecule has 0 unspecified atom stereocenters. The summed E-state index contributed by atoms with van der Waals surface area (Å²) in [5.41, 5.74) is 7.65. The Morgan fingerprint density at radius 2 is 2.20 bits per heavy atom. The molecule has 2 aromatic rings. The second-order valence-corrected chi connectivity index (χ2v) is 4.82. The van der Waals surface area contributed by atoms with Crippen LogP contribution in [0.4, 0.5) is 11.8 Å². The van der Waals surface area contributed by atoms with E-state index >= 15 is 0 Å². The van der Waals surface area contributed by atoms with Crippen LogP contribution in [0.25, 0.3) is 0 Å². The van der Waals surface area contributed by atoms with Crippen LogP contribution in [0.1, 0.15) is 30.1 Å². The summed E-state index contributed by atoms with van der Waals surface area (Å²) >= 11 is 0. The summed E-state index contributed by atoms with van der Waals surface area (Å²) in [5, 5.41) is 9.56. The van der Waals surface area contributed by atoms with Gasteiger partial charge in [-0.15, -0.1) is 0 Å². The van der Waals surface area contributed by atoms with Gasteiger partial charge in [-0.25, -0.2) is 19.9 Å². The zero-order valence-electron chi connectivity index (χ0n) is 11.2. The summed E-state index contributed by atoms with van der Waals surface area (Å²) < 4.78 is 0. The first kappa shape index (κ1) is 12.7. The van der Waals surface area contributed by atoms with Crippen molar-refractivity contribution in [3.05, 3.63) is 35.5 Å². The van der Waals surface area contributed by atoms with Crippen LogP contribution in [-0.4, -0.2) is 31.6 Å². The number of aliphatic hydroxyl groups excluding tert-OH is 1. The predicted octanol–water partition coefficient (Wildman–Crippen LogP) is 0.465. The van der Waals surface area contributed by atoms with Gasteiger partial charge in [-0.05, 0) is 13.0 Å². The summed E-state index contributed by atoms with van der Waals surface area (Å²) in [6.07, 6.45) is 3.56. The molecule has 0 saturated carbocycles. The Hall–Kier alpha value is -2.28. The number of nitrogen functional groups attached to an aromatic ring is 1. The van der Waals surface area contributed by atoms with E-state index in [0.29, 0.717) is 18.3 Å². The number of hydrogen-bond acceptors (Lipinski definition) is 7. The monoisotopic (exact) mass is 272 g/mol. The Bertz CT molecular complexity index is 630. The van der Waals surface area contributed by atoms with Crippen molar-refractivity contribution in [1.29, 1.82) is 0 Å². The van der Waals surface area contributed by atoms with E-state index in [-0.39, 0.29) is 0 Å². The summed E-state index contributed by atoms with van der Waals surface area (Å²) in [6, 6.07) is 1.84. The highest BCUT2D eigenvalue weighted by Gasteiger charge is 2.20. The Morgan fingerprint density at radius 1 is 1.35 bits per heavy atom. The van der Waals surface area contributed by atoms with Gasteiger partial charge in [0.2, 0.25) is 5.95 Å². The highest BCUT2D eigenvalue weighted by Crippen LogP contribution is 2.22. The lowest BCUT2D eigenvalue weighted by Gasteiger charge is -2.29. The molecule has 0 fully saturated rings. The molecule has 0 saturated heterocycles. The van der Waals surface area contributed by atoms with E-state index in [1.54, 1.807) is 19.3 Å². The first-order chi connectivity index (χ1) is 9.63. The minimum Gasteiger partial charge on any atom is -0.385 e. The van der Waals surface area contributed by atoms with E-state index in [2.05, 4.69) is 24.8 Å². The molecule has 0 spiro atoms. The third-order valence-corrected chi connectivity index (χ3v) is 3.31. The standard InChI is InChI=1S/C13H16N6O/c1-8(20)12-15-4-2-11(18-12)19-5-3-10-9(7-19)6-16-13(14)17-10/h2,4,6,8,20H,3,5,7H2,1H3,(H2,14,16,17)/t8-/m1/s1. The first-order valence-corrected chi connectivity index (χ1v) is 6.49. The molecule has 0 aromatic carbocycles. The van der Waals surface area contributed by atoms with Gasteiger partial charge >= 0.3 is 0 Å². The fraction of sp³-hybridized carbons (Fsp3) is 0.385. The Morgan fingerprint density at radius 3 is 3.00 bits per heavy atom. The summed E-state index contributed by atoms with van der Waals surface area (Å²) in [4.78, 5) is 18.9. The number of rotatable bonds is 2. The molecular formula is C13H16N6O. The van der Waals surface area contributed by atoms with Gasteiger partial charge in [0.15, 0.2) is 5.82 Å². The number of anilines is 2. The van der Waals surface area contributed by atoms with Crippen molar-refractivity contribution >= 4 is 11.8 Å². The van der Waals surface area contributed by atoms with E-state index in [4.69, 9.17) is 5.73 Å². The van der Waals surface area contributed by atoms with Crippen molar-refractivity contribution in [2.75, 3.05) is 17.2 Å². The molecule has 2 aromatic heterocycles. The van der Waals surface area contributed by atoms with Gasteiger partial charge in [-0.2, -0.15) is 0 Å². The molecule has 0 bridgehead atoms. The highest BCUT2D eigenvalue weighted by molar-refractivity contribution is 5.42. The maximum absolute atomic E-state index is 9.56. The number of aliphatic hydroxyl groups is 1. The van der Waals surface area contributed by atoms with Crippen LogP contribution in [-0.2, 0) is 13.0 Å². The number of aromatic nitrogens is 4. The van der Waals surface area contributed by atoms with Crippen LogP contribution in [0.2, 0.25) is 0 Å². The summed E-state index contributed by atoms with van der Waals surface area (Å²) in [6.45, 7) is 3.15. The van der Waals surface area contributed by atoms with Crippen molar-refractivity contribution in [3.8, 4) is 0 Å². The van der Waals surface area contributed by atoms with Crippen LogP contribution in [0, 0.1) is 0 Å². The third kappa shape index (κ3) is 2.39. The maximum Gasteiger partial charge on any atom is 0.220 e. The maximum atomic E-state index is 9.56. The quantitative estimate of drug-likeness (QED) is 0.819. The molecule has 1 aliphatic rings. The van der Waals surface area contributed by atoms with Crippen molar-refractivity contribution in [3.63, 3.8) is 0 Å². The Balaban J connectivity index is 1.86. The predicted molar refractivity (Wildman–Crippen MR) is 73.9 cm³/mol. The molecular weight excluding hydrogens is 256 g/mol. The first-order valence-electron chi connectivity index (χ1n) is 6.49. The van der Waals surface area contributed by atoms with E-state index in [1.165, 1.54) is 0 Å². The van der Waals surface area contributed by atoms with Gasteiger partial charge in [0.1, 0.15) is 11.9 Å². The largest absolute Gasteiger partial charge is 0.385 e. The molecule has 0 radical (unpaired) electrons.